The van der Waals surface area contributed by atoms with Crippen molar-refractivity contribution in [3.63, 3.8) is 0 Å². The highest BCUT2D eigenvalue weighted by atomic mass is 35.5. The van der Waals surface area contributed by atoms with Crippen molar-refractivity contribution >= 4 is 54.8 Å². The topological polar surface area (TPSA) is 70.6 Å². The fourth-order valence-corrected chi connectivity index (χ4v) is 5.42. The lowest BCUT2D eigenvalue weighted by molar-refractivity contribution is 0.0983. The molecule has 0 aliphatic heterocycles. The van der Waals surface area contributed by atoms with Crippen LogP contribution in [0, 0.1) is 13.8 Å². The number of benzene rings is 2. The van der Waals surface area contributed by atoms with Crippen LogP contribution in [0.5, 0.6) is 0 Å². The van der Waals surface area contributed by atoms with E-state index in [1.807, 2.05) is 38.1 Å². The van der Waals surface area contributed by atoms with Gasteiger partial charge in [-0.1, -0.05) is 48.9 Å². The van der Waals surface area contributed by atoms with Gasteiger partial charge in [0.2, 0.25) is 0 Å². The van der Waals surface area contributed by atoms with Crippen molar-refractivity contribution in [2.24, 2.45) is 0 Å². The lowest BCUT2D eigenvalue weighted by Crippen LogP contribution is -2.39. The smallest absolute Gasteiger partial charge is 0.260 e. The van der Waals surface area contributed by atoms with Crippen molar-refractivity contribution in [1.29, 1.82) is 0 Å². The summed E-state index contributed by atoms with van der Waals surface area (Å²) in [7, 11) is -3.43. The molecule has 174 valence electrons. The van der Waals surface area contributed by atoms with E-state index in [0.29, 0.717) is 29.3 Å². The Morgan fingerprint density at radius 2 is 1.75 bits per heavy atom. The first-order valence-electron chi connectivity index (χ1n) is 10.4. The van der Waals surface area contributed by atoms with E-state index in [0.717, 1.165) is 28.9 Å². The maximum absolute atomic E-state index is 13.6. The number of sulfone groups is 1. The molecule has 0 unspecified atom stereocenters. The number of halogens is 1. The van der Waals surface area contributed by atoms with Crippen LogP contribution in [0.2, 0.25) is 0 Å². The Morgan fingerprint density at radius 1 is 1.06 bits per heavy atom. The molecule has 0 saturated carbocycles. The number of carbonyl (C=O) groups excluding carboxylic acids is 1. The number of anilines is 1. The molecule has 6 nitrogen and oxygen atoms in total. The Bertz CT molecular complexity index is 1200. The van der Waals surface area contributed by atoms with E-state index in [1.54, 1.807) is 17.0 Å². The van der Waals surface area contributed by atoms with E-state index in [-0.39, 0.29) is 23.2 Å². The number of para-hydroxylation sites is 1. The quantitative estimate of drug-likeness (QED) is 0.452. The standard InChI is InChI=1S/C23H29N3O3S2.ClH/c1-6-25(7-2)13-14-26(22(27)18-15-16(3)11-12-17(18)4)23-24-21-19(30-23)9-8-10-20(21)31(5,28)29;/h8-12,15H,6-7,13-14H2,1-5H3;1H. The predicted molar refractivity (Wildman–Crippen MR) is 135 cm³/mol. The van der Waals surface area contributed by atoms with E-state index in [2.05, 4.69) is 23.7 Å². The SMILES string of the molecule is CCN(CC)CCN(C(=O)c1cc(C)ccc1C)c1nc2c(S(C)(=O)=O)cccc2s1.Cl. The Kier molecular flexibility index (Phi) is 8.82. The fraction of sp³-hybridized carbons (Fsp3) is 0.391. The van der Waals surface area contributed by atoms with E-state index in [4.69, 9.17) is 0 Å². The van der Waals surface area contributed by atoms with Crippen LogP contribution in [0.1, 0.15) is 35.3 Å². The molecule has 0 spiro atoms. The summed E-state index contributed by atoms with van der Waals surface area (Å²) in [6.45, 7) is 11.0. The number of fused-ring (bicyclic) bond motifs is 1. The molecule has 1 amide bonds. The predicted octanol–water partition coefficient (Wildman–Crippen LogP) is 4.73. The average molecular weight is 496 g/mol. The second-order valence-electron chi connectivity index (χ2n) is 7.67. The Labute approximate surface area is 200 Å². The Morgan fingerprint density at radius 3 is 2.38 bits per heavy atom. The third kappa shape index (κ3) is 5.67. The van der Waals surface area contributed by atoms with Gasteiger partial charge in [0.15, 0.2) is 15.0 Å². The summed E-state index contributed by atoms with van der Waals surface area (Å²) in [6.07, 6.45) is 1.18. The summed E-state index contributed by atoms with van der Waals surface area (Å²) in [6, 6.07) is 11.0. The highest BCUT2D eigenvalue weighted by Gasteiger charge is 2.25. The monoisotopic (exact) mass is 495 g/mol. The summed E-state index contributed by atoms with van der Waals surface area (Å²) in [5.41, 5.74) is 2.98. The van der Waals surface area contributed by atoms with Gasteiger partial charge < -0.3 is 4.90 Å². The molecule has 1 heterocycles. The van der Waals surface area contributed by atoms with Crippen LogP contribution in [0.3, 0.4) is 0 Å². The molecule has 9 heteroatoms. The first-order chi connectivity index (χ1) is 14.7. The van der Waals surface area contributed by atoms with Crippen molar-refractivity contribution in [2.45, 2.75) is 32.6 Å². The number of hydrogen-bond donors (Lipinski definition) is 0. The molecule has 32 heavy (non-hydrogen) atoms. The number of carbonyl (C=O) groups is 1. The Balaban J connectivity index is 0.00000363. The highest BCUT2D eigenvalue weighted by molar-refractivity contribution is 7.91. The minimum absolute atomic E-state index is 0. The molecule has 3 aromatic rings. The third-order valence-electron chi connectivity index (χ3n) is 5.40. The van der Waals surface area contributed by atoms with E-state index < -0.39 is 9.84 Å². The van der Waals surface area contributed by atoms with Gasteiger partial charge in [-0.25, -0.2) is 13.4 Å². The zero-order valence-electron chi connectivity index (χ0n) is 19.1. The van der Waals surface area contributed by atoms with E-state index >= 15 is 0 Å². The van der Waals surface area contributed by atoms with E-state index in [1.165, 1.54) is 17.6 Å². The summed E-state index contributed by atoms with van der Waals surface area (Å²) in [5, 5.41) is 0.518. The number of aryl methyl sites for hydroxylation is 2. The molecule has 1 aromatic heterocycles. The minimum Gasteiger partial charge on any atom is -0.302 e. The highest BCUT2D eigenvalue weighted by Crippen LogP contribution is 2.33. The maximum atomic E-state index is 13.6. The number of likely N-dealkylation sites (N-methyl/N-ethyl adjacent to an activating group) is 1. The van der Waals surface area contributed by atoms with Gasteiger partial charge in [0.05, 0.1) is 9.60 Å². The molecule has 0 atom stereocenters. The van der Waals surface area contributed by atoms with Gasteiger partial charge in [-0.3, -0.25) is 9.69 Å². The number of rotatable bonds is 8. The lowest BCUT2D eigenvalue weighted by atomic mass is 10.0. The molecular weight excluding hydrogens is 466 g/mol. The summed E-state index contributed by atoms with van der Waals surface area (Å²) in [5.74, 6) is -0.117. The molecule has 0 bridgehead atoms. The second-order valence-corrected chi connectivity index (χ2v) is 10.7. The number of thiazole rings is 1. The molecule has 0 aliphatic carbocycles. The lowest BCUT2D eigenvalue weighted by Gasteiger charge is -2.25. The van der Waals surface area contributed by atoms with Gasteiger partial charge in [-0.15, -0.1) is 12.4 Å². The molecule has 0 fully saturated rings. The first-order valence-corrected chi connectivity index (χ1v) is 13.1. The maximum Gasteiger partial charge on any atom is 0.260 e. The van der Waals surface area contributed by atoms with Crippen LogP contribution in [0.25, 0.3) is 10.2 Å². The van der Waals surface area contributed by atoms with Crippen molar-refractivity contribution in [1.82, 2.24) is 9.88 Å². The minimum atomic E-state index is -3.43. The van der Waals surface area contributed by atoms with Crippen molar-refractivity contribution in [3.05, 3.63) is 53.1 Å². The van der Waals surface area contributed by atoms with Crippen LogP contribution in [-0.2, 0) is 9.84 Å². The van der Waals surface area contributed by atoms with Crippen molar-refractivity contribution in [2.75, 3.05) is 37.3 Å². The molecule has 2 aromatic carbocycles. The Hall–Kier alpha value is -2.00. The van der Waals surface area contributed by atoms with Crippen LogP contribution >= 0.6 is 23.7 Å². The fourth-order valence-electron chi connectivity index (χ4n) is 3.50. The number of hydrogen-bond acceptors (Lipinski definition) is 6. The van der Waals surface area contributed by atoms with E-state index in [9.17, 15) is 13.2 Å². The molecule has 0 N–H and O–H groups in total. The zero-order valence-corrected chi connectivity index (χ0v) is 21.5. The summed E-state index contributed by atoms with van der Waals surface area (Å²) in [4.78, 5) is 22.4. The van der Waals surface area contributed by atoms with Gasteiger partial charge in [0.25, 0.3) is 5.91 Å². The second kappa shape index (κ2) is 10.7. The molecule has 0 aliphatic rings. The summed E-state index contributed by atoms with van der Waals surface area (Å²) >= 11 is 1.35. The van der Waals surface area contributed by atoms with Crippen molar-refractivity contribution < 1.29 is 13.2 Å². The van der Waals surface area contributed by atoms with Gasteiger partial charge in [0.1, 0.15) is 5.52 Å². The first kappa shape index (κ1) is 26.3. The van der Waals surface area contributed by atoms with Crippen molar-refractivity contribution in [3.8, 4) is 0 Å². The average Bonchev–Trinajstić information content (AvgIpc) is 3.15. The molecular formula is C23H30ClN3O3S2. The van der Waals surface area contributed by atoms with Crippen LogP contribution < -0.4 is 4.90 Å². The summed E-state index contributed by atoms with van der Waals surface area (Å²) < 4.78 is 25.2. The van der Waals surface area contributed by atoms with Gasteiger partial charge >= 0.3 is 0 Å². The van der Waals surface area contributed by atoms with Crippen LogP contribution in [-0.4, -0.2) is 56.6 Å². The molecule has 0 radical (unpaired) electrons. The third-order valence-corrected chi connectivity index (χ3v) is 7.58. The van der Waals surface area contributed by atoms with Gasteiger partial charge in [0, 0.05) is 24.9 Å². The normalized spacial score (nSPS) is 11.6. The zero-order chi connectivity index (χ0) is 22.8. The van der Waals surface area contributed by atoms with Gasteiger partial charge in [-0.05, 0) is 50.7 Å². The number of amides is 1. The number of nitrogens with zero attached hydrogens (tertiary/aromatic N) is 3. The molecule has 3 rings (SSSR count). The number of aromatic nitrogens is 1. The molecule has 0 saturated heterocycles. The van der Waals surface area contributed by atoms with Crippen LogP contribution in [0.15, 0.2) is 41.3 Å². The largest absolute Gasteiger partial charge is 0.302 e. The van der Waals surface area contributed by atoms with Crippen LogP contribution in [0.4, 0.5) is 5.13 Å². The van der Waals surface area contributed by atoms with Gasteiger partial charge in [-0.2, -0.15) is 0 Å².